The Morgan fingerprint density at radius 2 is 2.10 bits per heavy atom. The molecule has 0 fully saturated rings. The molecule has 0 spiro atoms. The van der Waals surface area contributed by atoms with Gasteiger partial charge in [-0.2, -0.15) is 0 Å². The number of aryl methyl sites for hydroxylation is 2. The van der Waals surface area contributed by atoms with E-state index in [1.165, 1.54) is 11.3 Å². The molecule has 0 aliphatic rings. The van der Waals surface area contributed by atoms with Crippen LogP contribution in [0.5, 0.6) is 0 Å². The van der Waals surface area contributed by atoms with Crippen LogP contribution in [0.3, 0.4) is 0 Å². The highest BCUT2D eigenvalue weighted by atomic mass is 32.1. The number of anilines is 1. The number of ether oxygens (including phenoxy) is 2. The molecule has 0 saturated carbocycles. The number of fused-ring (bicyclic) bond motifs is 1. The molecule has 2 aromatic rings. The Labute approximate surface area is 127 Å². The first kappa shape index (κ1) is 15.7. The predicted octanol–water partition coefficient (Wildman–Crippen LogP) is 2.54. The molecule has 0 bridgehead atoms. The van der Waals surface area contributed by atoms with Crippen LogP contribution in [0.15, 0.2) is 0 Å². The Balaban J connectivity index is 2.46. The SMILES string of the molecule is CCOC(=O)c1sc2nc(C)nc(NCCOC)c2c1C. The van der Waals surface area contributed by atoms with Crippen molar-refractivity contribution in [3.63, 3.8) is 0 Å². The van der Waals surface area contributed by atoms with Gasteiger partial charge in [0.15, 0.2) is 0 Å². The normalized spacial score (nSPS) is 10.9. The van der Waals surface area contributed by atoms with E-state index in [2.05, 4.69) is 15.3 Å². The largest absolute Gasteiger partial charge is 0.462 e. The summed E-state index contributed by atoms with van der Waals surface area (Å²) in [6.07, 6.45) is 0. The number of carbonyl (C=O) groups excluding carboxylic acids is 1. The summed E-state index contributed by atoms with van der Waals surface area (Å²) in [6, 6.07) is 0. The molecule has 2 heterocycles. The topological polar surface area (TPSA) is 73.3 Å². The Hall–Kier alpha value is -1.73. The number of thiophene rings is 1. The first-order valence-electron chi connectivity index (χ1n) is 6.76. The van der Waals surface area contributed by atoms with Crippen molar-refractivity contribution in [2.45, 2.75) is 20.8 Å². The van der Waals surface area contributed by atoms with Gasteiger partial charge in [-0.05, 0) is 26.3 Å². The number of nitrogens with zero attached hydrogens (tertiary/aromatic N) is 2. The smallest absolute Gasteiger partial charge is 0.348 e. The number of methoxy groups -OCH3 is 1. The minimum atomic E-state index is -0.307. The summed E-state index contributed by atoms with van der Waals surface area (Å²) in [5, 5.41) is 4.11. The molecule has 1 N–H and O–H groups in total. The lowest BCUT2D eigenvalue weighted by atomic mass is 10.2. The van der Waals surface area contributed by atoms with Crippen LogP contribution in [0.25, 0.3) is 10.2 Å². The molecule has 0 aromatic carbocycles. The standard InChI is InChI=1S/C14H19N3O3S/c1-5-20-14(18)11-8(2)10-12(15-6-7-19-4)16-9(3)17-13(10)21-11/h5-7H2,1-4H3,(H,15,16,17). The molecule has 0 aliphatic heterocycles. The molecule has 2 rings (SSSR count). The van der Waals surface area contributed by atoms with Gasteiger partial charge in [0, 0.05) is 13.7 Å². The second-order valence-electron chi connectivity index (χ2n) is 4.50. The summed E-state index contributed by atoms with van der Waals surface area (Å²) in [5.41, 5.74) is 0.855. The monoisotopic (exact) mass is 309 g/mol. The van der Waals surface area contributed by atoms with Crippen LogP contribution in [0.4, 0.5) is 5.82 Å². The predicted molar refractivity (Wildman–Crippen MR) is 83.2 cm³/mol. The maximum absolute atomic E-state index is 12.0. The van der Waals surface area contributed by atoms with Gasteiger partial charge in [0.2, 0.25) is 0 Å². The van der Waals surface area contributed by atoms with E-state index in [-0.39, 0.29) is 5.97 Å². The van der Waals surface area contributed by atoms with Crippen molar-refractivity contribution >= 4 is 33.3 Å². The Bertz CT molecular complexity index is 654. The van der Waals surface area contributed by atoms with Crippen LogP contribution in [-0.4, -0.2) is 42.8 Å². The van der Waals surface area contributed by atoms with E-state index in [1.54, 1.807) is 14.0 Å². The number of hydrogen-bond donors (Lipinski definition) is 1. The minimum absolute atomic E-state index is 0.307. The van der Waals surface area contributed by atoms with E-state index >= 15 is 0 Å². The number of hydrogen-bond acceptors (Lipinski definition) is 7. The second-order valence-corrected chi connectivity index (χ2v) is 5.49. The summed E-state index contributed by atoms with van der Waals surface area (Å²) in [5.74, 6) is 1.09. The molecular formula is C14H19N3O3S. The Morgan fingerprint density at radius 3 is 2.76 bits per heavy atom. The van der Waals surface area contributed by atoms with Crippen molar-refractivity contribution in [3.8, 4) is 0 Å². The van der Waals surface area contributed by atoms with Crippen molar-refractivity contribution in [1.29, 1.82) is 0 Å². The third-order valence-electron chi connectivity index (χ3n) is 2.96. The summed E-state index contributed by atoms with van der Waals surface area (Å²) in [6.45, 7) is 7.11. The third-order valence-corrected chi connectivity index (χ3v) is 4.13. The van der Waals surface area contributed by atoms with E-state index in [4.69, 9.17) is 9.47 Å². The summed E-state index contributed by atoms with van der Waals surface area (Å²) in [4.78, 5) is 22.2. The molecule has 0 radical (unpaired) electrons. The maximum Gasteiger partial charge on any atom is 0.348 e. The first-order valence-corrected chi connectivity index (χ1v) is 7.57. The molecule has 0 saturated heterocycles. The zero-order chi connectivity index (χ0) is 15.4. The highest BCUT2D eigenvalue weighted by Crippen LogP contribution is 2.34. The second kappa shape index (κ2) is 6.82. The maximum atomic E-state index is 12.0. The van der Waals surface area contributed by atoms with Gasteiger partial charge in [0.1, 0.15) is 21.3 Å². The van der Waals surface area contributed by atoms with Crippen LogP contribution in [-0.2, 0) is 9.47 Å². The van der Waals surface area contributed by atoms with E-state index < -0.39 is 0 Å². The van der Waals surface area contributed by atoms with Crippen molar-refractivity contribution in [1.82, 2.24) is 9.97 Å². The molecule has 114 valence electrons. The van der Waals surface area contributed by atoms with Crippen molar-refractivity contribution in [2.24, 2.45) is 0 Å². The number of nitrogens with one attached hydrogen (secondary N) is 1. The number of esters is 1. The van der Waals surface area contributed by atoms with E-state index in [0.717, 1.165) is 21.6 Å². The molecule has 0 amide bonds. The Morgan fingerprint density at radius 1 is 1.33 bits per heavy atom. The van der Waals surface area contributed by atoms with Gasteiger partial charge in [-0.3, -0.25) is 0 Å². The molecular weight excluding hydrogens is 290 g/mol. The van der Waals surface area contributed by atoms with Gasteiger partial charge in [0.05, 0.1) is 18.6 Å². The van der Waals surface area contributed by atoms with Crippen LogP contribution in [0.2, 0.25) is 0 Å². The minimum Gasteiger partial charge on any atom is -0.462 e. The van der Waals surface area contributed by atoms with E-state index in [1.807, 2.05) is 13.8 Å². The lowest BCUT2D eigenvalue weighted by molar-refractivity contribution is 0.0531. The summed E-state index contributed by atoms with van der Waals surface area (Å²) >= 11 is 1.34. The van der Waals surface area contributed by atoms with Gasteiger partial charge in [-0.25, -0.2) is 14.8 Å². The van der Waals surface area contributed by atoms with Gasteiger partial charge in [0.25, 0.3) is 0 Å². The van der Waals surface area contributed by atoms with Crippen molar-refractivity contribution in [2.75, 3.05) is 32.2 Å². The fraction of sp³-hybridized carbons (Fsp3) is 0.500. The van der Waals surface area contributed by atoms with E-state index in [0.29, 0.717) is 30.5 Å². The van der Waals surface area contributed by atoms with Crippen LogP contribution < -0.4 is 5.32 Å². The molecule has 0 aliphatic carbocycles. The molecule has 21 heavy (non-hydrogen) atoms. The molecule has 2 aromatic heterocycles. The zero-order valence-corrected chi connectivity index (χ0v) is 13.5. The van der Waals surface area contributed by atoms with Gasteiger partial charge in [-0.15, -0.1) is 11.3 Å². The van der Waals surface area contributed by atoms with Crippen LogP contribution >= 0.6 is 11.3 Å². The fourth-order valence-electron chi connectivity index (χ4n) is 2.04. The van der Waals surface area contributed by atoms with Gasteiger partial charge in [-0.1, -0.05) is 0 Å². The molecule has 0 unspecified atom stereocenters. The summed E-state index contributed by atoms with van der Waals surface area (Å²) in [7, 11) is 1.65. The molecule has 6 nitrogen and oxygen atoms in total. The van der Waals surface area contributed by atoms with Gasteiger partial charge >= 0.3 is 5.97 Å². The van der Waals surface area contributed by atoms with Crippen LogP contribution in [0.1, 0.15) is 28.0 Å². The Kier molecular flexibility index (Phi) is 5.08. The van der Waals surface area contributed by atoms with Crippen molar-refractivity contribution in [3.05, 3.63) is 16.3 Å². The number of rotatable bonds is 6. The van der Waals surface area contributed by atoms with Crippen molar-refractivity contribution < 1.29 is 14.3 Å². The van der Waals surface area contributed by atoms with Gasteiger partial charge < -0.3 is 14.8 Å². The van der Waals surface area contributed by atoms with E-state index in [9.17, 15) is 4.79 Å². The zero-order valence-electron chi connectivity index (χ0n) is 12.6. The number of aromatic nitrogens is 2. The lowest BCUT2D eigenvalue weighted by Crippen LogP contribution is -2.10. The highest BCUT2D eigenvalue weighted by Gasteiger charge is 2.20. The lowest BCUT2D eigenvalue weighted by Gasteiger charge is -2.07. The average Bonchev–Trinajstić information content (AvgIpc) is 2.76. The number of carbonyl (C=O) groups is 1. The first-order chi connectivity index (χ1) is 10.1. The average molecular weight is 309 g/mol. The quantitative estimate of drug-likeness (QED) is 0.653. The molecule has 0 atom stereocenters. The summed E-state index contributed by atoms with van der Waals surface area (Å²) < 4.78 is 10.1. The fourth-order valence-corrected chi connectivity index (χ4v) is 3.16. The third kappa shape index (κ3) is 3.30. The highest BCUT2D eigenvalue weighted by molar-refractivity contribution is 7.20. The molecule has 7 heteroatoms. The van der Waals surface area contributed by atoms with Crippen LogP contribution in [0, 0.1) is 13.8 Å².